The third kappa shape index (κ3) is 3.29. The van der Waals surface area contributed by atoms with Crippen LogP contribution in [-0.2, 0) is 0 Å². The molecule has 0 saturated heterocycles. The molecule has 7 nitrogen and oxygen atoms in total. The van der Waals surface area contributed by atoms with Gasteiger partial charge in [0.1, 0.15) is 23.7 Å². The SMILES string of the molecule is COc1nc(C(=O)N[C@@H]2COc3cc(C)c(Cl)cc32)ccc1-n1cnc(C)c1. The normalized spacial score (nSPS) is 15.1. The number of nitrogens with zero attached hydrogens (tertiary/aromatic N) is 3. The summed E-state index contributed by atoms with van der Waals surface area (Å²) in [5.74, 6) is 0.764. The number of hydrogen-bond donors (Lipinski definition) is 1. The van der Waals surface area contributed by atoms with Crippen molar-refractivity contribution in [2.45, 2.75) is 19.9 Å². The molecule has 2 aromatic heterocycles. The van der Waals surface area contributed by atoms with Crippen LogP contribution in [-0.4, -0.2) is 34.2 Å². The Morgan fingerprint density at radius 1 is 1.36 bits per heavy atom. The van der Waals surface area contributed by atoms with Crippen LogP contribution in [0.1, 0.15) is 33.4 Å². The molecule has 144 valence electrons. The van der Waals surface area contributed by atoms with Gasteiger partial charge in [-0.1, -0.05) is 11.6 Å². The van der Waals surface area contributed by atoms with E-state index in [9.17, 15) is 4.79 Å². The summed E-state index contributed by atoms with van der Waals surface area (Å²) in [4.78, 5) is 21.3. The molecule has 1 N–H and O–H groups in total. The fourth-order valence-corrected chi connectivity index (χ4v) is 3.31. The van der Waals surface area contributed by atoms with E-state index in [0.29, 0.717) is 23.2 Å². The highest BCUT2D eigenvalue weighted by molar-refractivity contribution is 6.31. The minimum absolute atomic E-state index is 0.254. The van der Waals surface area contributed by atoms with Crippen LogP contribution < -0.4 is 14.8 Å². The molecule has 1 amide bonds. The zero-order valence-electron chi connectivity index (χ0n) is 15.7. The largest absolute Gasteiger partial charge is 0.491 e. The van der Waals surface area contributed by atoms with E-state index >= 15 is 0 Å². The lowest BCUT2D eigenvalue weighted by molar-refractivity contribution is 0.0924. The molecule has 0 unspecified atom stereocenters. The number of benzene rings is 1. The van der Waals surface area contributed by atoms with Crippen LogP contribution in [0.2, 0.25) is 5.02 Å². The molecule has 1 aliphatic heterocycles. The van der Waals surface area contributed by atoms with Gasteiger partial charge in [0.15, 0.2) is 0 Å². The Morgan fingerprint density at radius 2 is 2.18 bits per heavy atom. The van der Waals surface area contributed by atoms with Crippen molar-refractivity contribution in [3.8, 4) is 17.3 Å². The average molecular weight is 399 g/mol. The lowest BCUT2D eigenvalue weighted by Crippen LogP contribution is -2.30. The number of carbonyl (C=O) groups is 1. The minimum Gasteiger partial charge on any atom is -0.491 e. The lowest BCUT2D eigenvalue weighted by atomic mass is 10.1. The Bertz CT molecular complexity index is 1060. The summed E-state index contributed by atoms with van der Waals surface area (Å²) < 4.78 is 12.9. The van der Waals surface area contributed by atoms with Crippen molar-refractivity contribution in [3.05, 3.63) is 64.3 Å². The van der Waals surface area contributed by atoms with E-state index in [1.54, 1.807) is 23.0 Å². The Hall–Kier alpha value is -3.06. The number of nitrogens with one attached hydrogen (secondary N) is 1. The third-order valence-electron chi connectivity index (χ3n) is 4.63. The minimum atomic E-state index is -0.315. The van der Waals surface area contributed by atoms with E-state index in [2.05, 4.69) is 15.3 Å². The first-order chi connectivity index (χ1) is 13.5. The first-order valence-corrected chi connectivity index (χ1v) is 9.13. The van der Waals surface area contributed by atoms with Crippen molar-refractivity contribution >= 4 is 17.5 Å². The molecule has 28 heavy (non-hydrogen) atoms. The van der Waals surface area contributed by atoms with E-state index in [-0.39, 0.29) is 17.6 Å². The Labute approximate surface area is 167 Å². The first kappa shape index (κ1) is 18.3. The van der Waals surface area contributed by atoms with Crippen LogP contribution in [0.3, 0.4) is 0 Å². The maximum atomic E-state index is 12.7. The molecular formula is C20H19ClN4O3. The van der Waals surface area contributed by atoms with Gasteiger partial charge in [0.25, 0.3) is 5.91 Å². The summed E-state index contributed by atoms with van der Waals surface area (Å²) in [7, 11) is 1.52. The second-order valence-electron chi connectivity index (χ2n) is 6.62. The number of pyridine rings is 1. The molecule has 0 radical (unpaired) electrons. The smallest absolute Gasteiger partial charge is 0.270 e. The number of methoxy groups -OCH3 is 1. The highest BCUT2D eigenvalue weighted by atomic mass is 35.5. The molecule has 1 aromatic carbocycles. The van der Waals surface area contributed by atoms with Gasteiger partial charge in [-0.15, -0.1) is 0 Å². The van der Waals surface area contributed by atoms with Crippen LogP contribution in [0.25, 0.3) is 5.69 Å². The number of carbonyl (C=O) groups excluding carboxylic acids is 1. The van der Waals surface area contributed by atoms with Gasteiger partial charge in [0.2, 0.25) is 5.88 Å². The summed E-state index contributed by atoms with van der Waals surface area (Å²) >= 11 is 6.22. The van der Waals surface area contributed by atoms with Gasteiger partial charge in [-0.05, 0) is 43.7 Å². The molecule has 0 aliphatic carbocycles. The molecular weight excluding hydrogens is 380 g/mol. The summed E-state index contributed by atoms with van der Waals surface area (Å²) in [6, 6.07) is 6.86. The van der Waals surface area contributed by atoms with Crippen molar-refractivity contribution in [2.24, 2.45) is 0 Å². The fraction of sp³-hybridized carbons (Fsp3) is 0.250. The van der Waals surface area contributed by atoms with E-state index in [0.717, 1.165) is 22.6 Å². The lowest BCUT2D eigenvalue weighted by Gasteiger charge is -2.14. The van der Waals surface area contributed by atoms with Crippen molar-refractivity contribution in [3.63, 3.8) is 0 Å². The molecule has 3 heterocycles. The van der Waals surface area contributed by atoms with Crippen LogP contribution in [0.5, 0.6) is 11.6 Å². The van der Waals surface area contributed by atoms with Gasteiger partial charge < -0.3 is 19.4 Å². The molecule has 0 bridgehead atoms. The monoisotopic (exact) mass is 398 g/mol. The highest BCUT2D eigenvalue weighted by Crippen LogP contribution is 2.36. The number of aromatic nitrogens is 3. The number of imidazole rings is 1. The Morgan fingerprint density at radius 3 is 2.89 bits per heavy atom. The zero-order valence-corrected chi connectivity index (χ0v) is 16.4. The van der Waals surface area contributed by atoms with Gasteiger partial charge in [-0.2, -0.15) is 0 Å². The predicted octanol–water partition coefficient (Wildman–Crippen LogP) is 3.41. The molecule has 8 heteroatoms. The first-order valence-electron chi connectivity index (χ1n) is 8.76. The Balaban J connectivity index is 1.57. The second kappa shape index (κ2) is 7.16. The standard InChI is InChI=1S/C20H19ClN4O3/c1-11-6-18-13(7-14(11)21)16(9-28-18)23-19(26)15-4-5-17(20(24-15)27-3)25-8-12(2)22-10-25/h4-8,10,16H,9H2,1-3H3,(H,23,26)/t16-/m1/s1. The maximum Gasteiger partial charge on any atom is 0.270 e. The number of ether oxygens (including phenoxy) is 2. The van der Waals surface area contributed by atoms with Gasteiger partial charge >= 0.3 is 0 Å². The van der Waals surface area contributed by atoms with Crippen molar-refractivity contribution in [1.29, 1.82) is 0 Å². The molecule has 0 spiro atoms. The van der Waals surface area contributed by atoms with Crippen molar-refractivity contribution in [1.82, 2.24) is 19.9 Å². The van der Waals surface area contributed by atoms with E-state index in [1.807, 2.05) is 32.2 Å². The van der Waals surface area contributed by atoms with E-state index in [4.69, 9.17) is 21.1 Å². The highest BCUT2D eigenvalue weighted by Gasteiger charge is 2.27. The topological polar surface area (TPSA) is 78.3 Å². The molecule has 0 saturated carbocycles. The van der Waals surface area contributed by atoms with Crippen LogP contribution >= 0.6 is 11.6 Å². The van der Waals surface area contributed by atoms with Crippen LogP contribution in [0.15, 0.2) is 36.8 Å². The summed E-state index contributed by atoms with van der Waals surface area (Å²) in [5, 5.41) is 3.59. The zero-order chi connectivity index (χ0) is 19.8. The third-order valence-corrected chi connectivity index (χ3v) is 5.04. The number of amides is 1. The Kier molecular flexibility index (Phi) is 4.68. The predicted molar refractivity (Wildman–Crippen MR) is 105 cm³/mol. The van der Waals surface area contributed by atoms with Crippen molar-refractivity contribution < 1.29 is 14.3 Å². The van der Waals surface area contributed by atoms with Gasteiger partial charge in [0.05, 0.1) is 25.2 Å². The number of rotatable bonds is 4. The van der Waals surface area contributed by atoms with Crippen molar-refractivity contribution in [2.75, 3.05) is 13.7 Å². The van der Waals surface area contributed by atoms with Gasteiger partial charge in [0, 0.05) is 16.8 Å². The van der Waals surface area contributed by atoms with Crippen LogP contribution in [0, 0.1) is 13.8 Å². The number of aryl methyl sites for hydroxylation is 2. The summed E-state index contributed by atoms with van der Waals surface area (Å²) in [6.45, 7) is 4.16. The quantitative estimate of drug-likeness (QED) is 0.728. The molecule has 3 aromatic rings. The molecule has 1 aliphatic rings. The van der Waals surface area contributed by atoms with E-state index in [1.165, 1.54) is 7.11 Å². The summed E-state index contributed by atoms with van der Waals surface area (Å²) in [5.41, 5.74) is 3.63. The number of halogens is 1. The van der Waals surface area contributed by atoms with Gasteiger partial charge in [-0.25, -0.2) is 9.97 Å². The average Bonchev–Trinajstić information content (AvgIpc) is 3.28. The maximum absolute atomic E-state index is 12.7. The van der Waals surface area contributed by atoms with Gasteiger partial charge in [-0.3, -0.25) is 4.79 Å². The molecule has 1 atom stereocenters. The molecule has 4 rings (SSSR count). The summed E-state index contributed by atoms with van der Waals surface area (Å²) in [6.07, 6.45) is 3.53. The fourth-order valence-electron chi connectivity index (χ4n) is 3.14. The number of hydrogen-bond acceptors (Lipinski definition) is 5. The molecule has 0 fully saturated rings. The van der Waals surface area contributed by atoms with E-state index < -0.39 is 0 Å². The second-order valence-corrected chi connectivity index (χ2v) is 7.03. The number of fused-ring (bicyclic) bond motifs is 1. The van der Waals surface area contributed by atoms with Crippen LogP contribution in [0.4, 0.5) is 0 Å².